The number of aromatic amines is 2. The molecule has 2 aromatic heterocycles. The molecule has 1 saturated heterocycles. The van der Waals surface area contributed by atoms with Crippen LogP contribution in [0.5, 0.6) is 0 Å². The Balaban J connectivity index is 1.54. The lowest BCUT2D eigenvalue weighted by Crippen LogP contribution is -2.40. The number of aromatic nitrogens is 3. The van der Waals surface area contributed by atoms with Gasteiger partial charge >= 0.3 is 0 Å². The Morgan fingerprint density at radius 2 is 2.26 bits per heavy atom. The normalized spacial score (nSPS) is 17.4. The summed E-state index contributed by atoms with van der Waals surface area (Å²) in [5.41, 5.74) is 2.64. The average molecular weight is 368 g/mol. The van der Waals surface area contributed by atoms with E-state index < -0.39 is 0 Å². The molecule has 3 aromatic rings. The van der Waals surface area contributed by atoms with Gasteiger partial charge in [0, 0.05) is 36.2 Å². The molecule has 1 atom stereocenters. The largest absolute Gasteiger partial charge is 0.356 e. The summed E-state index contributed by atoms with van der Waals surface area (Å²) in [4.78, 5) is 36.1. The topological polar surface area (TPSA) is 81.9 Å². The molecule has 3 heterocycles. The number of piperidine rings is 1. The standard InChI is InChI=1S/C20H21FN4O2/c1-12-15(14-5-2-6-16(21)20(14)24-12)8-19(27)25-7-3-4-13(10-25)17-9-18(26)23-11-22-17/h2,5-6,9,11,13,24H,3-4,7-8,10H2,1H3,(H,22,23,26). The number of likely N-dealkylation sites (tertiary alicyclic amines) is 1. The number of carbonyl (C=O) groups is 1. The van der Waals surface area contributed by atoms with Gasteiger partial charge < -0.3 is 14.9 Å². The Morgan fingerprint density at radius 1 is 1.41 bits per heavy atom. The second-order valence-corrected chi connectivity index (χ2v) is 7.08. The van der Waals surface area contributed by atoms with Crippen molar-refractivity contribution in [3.8, 4) is 0 Å². The third kappa shape index (κ3) is 3.37. The minimum atomic E-state index is -0.312. The van der Waals surface area contributed by atoms with Crippen molar-refractivity contribution >= 4 is 16.8 Å². The first-order chi connectivity index (χ1) is 13.0. The van der Waals surface area contributed by atoms with E-state index in [2.05, 4.69) is 15.0 Å². The Hall–Kier alpha value is -2.96. The highest BCUT2D eigenvalue weighted by Gasteiger charge is 2.27. The summed E-state index contributed by atoms with van der Waals surface area (Å²) >= 11 is 0. The van der Waals surface area contributed by atoms with Gasteiger partial charge in [-0.25, -0.2) is 9.37 Å². The van der Waals surface area contributed by atoms with Gasteiger partial charge in [-0.2, -0.15) is 0 Å². The molecule has 0 saturated carbocycles. The summed E-state index contributed by atoms with van der Waals surface area (Å²) in [6, 6.07) is 6.41. The number of fused-ring (bicyclic) bond motifs is 1. The fourth-order valence-electron chi connectivity index (χ4n) is 3.91. The number of para-hydroxylation sites is 1. The zero-order valence-electron chi connectivity index (χ0n) is 15.1. The van der Waals surface area contributed by atoms with Crippen LogP contribution >= 0.6 is 0 Å². The molecular formula is C20H21FN4O2. The van der Waals surface area contributed by atoms with E-state index in [1.54, 1.807) is 6.07 Å². The number of nitrogens with one attached hydrogen (secondary N) is 2. The molecule has 6 nitrogen and oxygen atoms in total. The minimum absolute atomic E-state index is 0.0119. The average Bonchev–Trinajstić information content (AvgIpc) is 2.99. The maximum absolute atomic E-state index is 14.0. The lowest BCUT2D eigenvalue weighted by atomic mass is 9.94. The zero-order chi connectivity index (χ0) is 19.0. The Labute approximate surface area is 155 Å². The predicted octanol–water partition coefficient (Wildman–Crippen LogP) is 2.65. The summed E-state index contributed by atoms with van der Waals surface area (Å²) in [5.74, 6) is -0.239. The van der Waals surface area contributed by atoms with E-state index in [-0.39, 0.29) is 29.6 Å². The van der Waals surface area contributed by atoms with Crippen LogP contribution in [0.2, 0.25) is 0 Å². The highest BCUT2D eigenvalue weighted by atomic mass is 19.1. The number of hydrogen-bond acceptors (Lipinski definition) is 3. The summed E-state index contributed by atoms with van der Waals surface area (Å²) in [6.45, 7) is 3.10. The summed E-state index contributed by atoms with van der Waals surface area (Å²) in [6.07, 6.45) is 3.40. The minimum Gasteiger partial charge on any atom is -0.356 e. The first-order valence-corrected chi connectivity index (χ1v) is 9.11. The van der Waals surface area contributed by atoms with Gasteiger partial charge in [0.05, 0.1) is 24.0 Å². The molecule has 1 aromatic carbocycles. The molecule has 0 aliphatic carbocycles. The van der Waals surface area contributed by atoms with Gasteiger partial charge in [0.15, 0.2) is 0 Å². The number of amides is 1. The van der Waals surface area contributed by atoms with Crippen molar-refractivity contribution in [1.29, 1.82) is 0 Å². The van der Waals surface area contributed by atoms with Crippen LogP contribution in [-0.4, -0.2) is 38.8 Å². The van der Waals surface area contributed by atoms with Crippen LogP contribution in [0.3, 0.4) is 0 Å². The quantitative estimate of drug-likeness (QED) is 0.746. The fraction of sp³-hybridized carbons (Fsp3) is 0.350. The molecule has 1 amide bonds. The van der Waals surface area contributed by atoms with Crippen LogP contribution in [0, 0.1) is 12.7 Å². The first-order valence-electron chi connectivity index (χ1n) is 9.11. The monoisotopic (exact) mass is 368 g/mol. The third-order valence-corrected chi connectivity index (χ3v) is 5.32. The molecule has 1 aliphatic heterocycles. The molecule has 1 unspecified atom stereocenters. The first kappa shape index (κ1) is 17.5. The number of benzene rings is 1. The maximum Gasteiger partial charge on any atom is 0.250 e. The molecule has 2 N–H and O–H groups in total. The van der Waals surface area contributed by atoms with Gasteiger partial charge in [-0.05, 0) is 31.4 Å². The Morgan fingerprint density at radius 3 is 3.07 bits per heavy atom. The highest BCUT2D eigenvalue weighted by Crippen LogP contribution is 2.28. The van der Waals surface area contributed by atoms with E-state index >= 15 is 0 Å². The van der Waals surface area contributed by atoms with Gasteiger partial charge in [0.2, 0.25) is 5.91 Å². The van der Waals surface area contributed by atoms with Gasteiger partial charge in [-0.3, -0.25) is 9.59 Å². The number of hydrogen-bond donors (Lipinski definition) is 2. The fourth-order valence-corrected chi connectivity index (χ4v) is 3.91. The van der Waals surface area contributed by atoms with Crippen LogP contribution in [0.4, 0.5) is 4.39 Å². The smallest absolute Gasteiger partial charge is 0.250 e. The van der Waals surface area contributed by atoms with Gasteiger partial charge in [-0.1, -0.05) is 12.1 Å². The molecule has 0 radical (unpaired) electrons. The molecule has 0 bridgehead atoms. The maximum atomic E-state index is 14.0. The molecule has 1 fully saturated rings. The second kappa shape index (κ2) is 6.98. The van der Waals surface area contributed by atoms with E-state index in [0.29, 0.717) is 18.6 Å². The van der Waals surface area contributed by atoms with Crippen LogP contribution in [0.1, 0.15) is 35.7 Å². The lowest BCUT2D eigenvalue weighted by molar-refractivity contribution is -0.131. The number of halogens is 1. The number of aryl methyl sites for hydroxylation is 1. The van der Waals surface area contributed by atoms with Crippen molar-refractivity contribution < 1.29 is 9.18 Å². The van der Waals surface area contributed by atoms with E-state index in [1.807, 2.05) is 17.9 Å². The predicted molar refractivity (Wildman–Crippen MR) is 100 cm³/mol. The number of rotatable bonds is 3. The van der Waals surface area contributed by atoms with Crippen molar-refractivity contribution in [2.24, 2.45) is 0 Å². The lowest BCUT2D eigenvalue weighted by Gasteiger charge is -2.32. The molecule has 7 heteroatoms. The van der Waals surface area contributed by atoms with Crippen LogP contribution in [-0.2, 0) is 11.2 Å². The van der Waals surface area contributed by atoms with Crippen molar-refractivity contribution in [3.05, 3.63) is 63.7 Å². The molecule has 1 aliphatic rings. The third-order valence-electron chi connectivity index (χ3n) is 5.32. The molecule has 4 rings (SSSR count). The van der Waals surface area contributed by atoms with Crippen LogP contribution in [0.15, 0.2) is 35.4 Å². The van der Waals surface area contributed by atoms with E-state index in [4.69, 9.17) is 0 Å². The summed E-state index contributed by atoms with van der Waals surface area (Å²) < 4.78 is 14.0. The zero-order valence-corrected chi connectivity index (χ0v) is 15.1. The van der Waals surface area contributed by atoms with Crippen molar-refractivity contribution in [1.82, 2.24) is 19.9 Å². The van der Waals surface area contributed by atoms with Crippen LogP contribution in [0.25, 0.3) is 10.9 Å². The number of nitrogens with zero attached hydrogens (tertiary/aromatic N) is 2. The van der Waals surface area contributed by atoms with E-state index in [9.17, 15) is 14.0 Å². The van der Waals surface area contributed by atoms with Gasteiger partial charge in [0.1, 0.15) is 5.82 Å². The van der Waals surface area contributed by atoms with Gasteiger partial charge in [0.25, 0.3) is 5.56 Å². The number of H-pyrrole nitrogens is 2. The molecule has 27 heavy (non-hydrogen) atoms. The second-order valence-electron chi connectivity index (χ2n) is 7.08. The van der Waals surface area contributed by atoms with E-state index in [1.165, 1.54) is 18.5 Å². The highest BCUT2D eigenvalue weighted by molar-refractivity contribution is 5.90. The molecule has 140 valence electrons. The van der Waals surface area contributed by atoms with Crippen LogP contribution < -0.4 is 5.56 Å². The Bertz CT molecular complexity index is 1060. The van der Waals surface area contributed by atoms with E-state index in [0.717, 1.165) is 35.2 Å². The number of carbonyl (C=O) groups excluding carboxylic acids is 1. The summed E-state index contributed by atoms with van der Waals surface area (Å²) in [7, 11) is 0. The van der Waals surface area contributed by atoms with Crippen molar-refractivity contribution in [2.45, 2.75) is 32.1 Å². The summed E-state index contributed by atoms with van der Waals surface area (Å²) in [5, 5.41) is 0.755. The SMILES string of the molecule is Cc1[nH]c2c(F)cccc2c1CC(=O)N1CCCC(c2cc(=O)[nH]cn2)C1. The Kier molecular flexibility index (Phi) is 4.51. The molecular weight excluding hydrogens is 347 g/mol. The molecule has 0 spiro atoms. The van der Waals surface area contributed by atoms with Crippen molar-refractivity contribution in [3.63, 3.8) is 0 Å². The van der Waals surface area contributed by atoms with Gasteiger partial charge in [-0.15, -0.1) is 0 Å². The van der Waals surface area contributed by atoms with Crippen molar-refractivity contribution in [2.75, 3.05) is 13.1 Å².